The quantitative estimate of drug-likeness (QED) is 0.778. The summed E-state index contributed by atoms with van der Waals surface area (Å²) in [6, 6.07) is 3.06. The fourth-order valence-corrected chi connectivity index (χ4v) is 1.27. The monoisotopic (exact) mass is 227 g/mol. The second-order valence-corrected chi connectivity index (χ2v) is 3.24. The van der Waals surface area contributed by atoms with Gasteiger partial charge in [0.1, 0.15) is 5.69 Å². The summed E-state index contributed by atoms with van der Waals surface area (Å²) in [5.41, 5.74) is 0.394. The lowest BCUT2D eigenvalue weighted by molar-refractivity contribution is 0.0696. The van der Waals surface area contributed by atoms with Gasteiger partial charge in [0.2, 0.25) is 0 Å². The molecule has 84 valence electrons. The molecule has 0 fully saturated rings. The lowest BCUT2D eigenvalue weighted by Gasteiger charge is -1.96. The van der Waals surface area contributed by atoms with Crippen LogP contribution in [0.4, 0.5) is 0 Å². The van der Waals surface area contributed by atoms with Crippen molar-refractivity contribution in [2.45, 2.75) is 6.54 Å². The topological polar surface area (TPSA) is 68.0 Å². The molecule has 0 aliphatic carbocycles. The highest BCUT2D eigenvalue weighted by Gasteiger charge is 2.07. The number of hydrogen-bond acceptors (Lipinski definition) is 3. The number of carboxylic acid groups (broad SMARTS) is 1. The predicted molar refractivity (Wildman–Crippen MR) is 60.3 cm³/mol. The van der Waals surface area contributed by atoms with Gasteiger partial charge in [0, 0.05) is 18.6 Å². The fourth-order valence-electron chi connectivity index (χ4n) is 1.27. The van der Waals surface area contributed by atoms with Gasteiger partial charge in [-0.2, -0.15) is 0 Å². The molecule has 17 heavy (non-hydrogen) atoms. The fraction of sp³-hybridized carbons (Fsp3) is 0.0833. The molecule has 1 N–H and O–H groups in total. The van der Waals surface area contributed by atoms with E-state index in [1.54, 1.807) is 29.4 Å². The first-order chi connectivity index (χ1) is 8.27. The van der Waals surface area contributed by atoms with Crippen molar-refractivity contribution in [2.24, 2.45) is 0 Å². The smallest absolute Gasteiger partial charge is 0.338 e. The van der Waals surface area contributed by atoms with Crippen molar-refractivity contribution in [1.82, 2.24) is 14.5 Å². The first-order valence-electron chi connectivity index (χ1n) is 4.90. The van der Waals surface area contributed by atoms with Gasteiger partial charge in [-0.1, -0.05) is 5.92 Å². The van der Waals surface area contributed by atoms with Gasteiger partial charge in [-0.3, -0.25) is 0 Å². The largest absolute Gasteiger partial charge is 0.478 e. The molecule has 0 amide bonds. The molecule has 0 atom stereocenters. The summed E-state index contributed by atoms with van der Waals surface area (Å²) in [6.07, 6.45) is 6.61. The second-order valence-electron chi connectivity index (χ2n) is 3.24. The van der Waals surface area contributed by atoms with Crippen LogP contribution in [0.2, 0.25) is 0 Å². The van der Waals surface area contributed by atoms with E-state index in [2.05, 4.69) is 21.8 Å². The summed E-state index contributed by atoms with van der Waals surface area (Å²) in [5, 5.41) is 8.93. The summed E-state index contributed by atoms with van der Waals surface area (Å²) in [7, 11) is 0. The van der Waals surface area contributed by atoms with Gasteiger partial charge >= 0.3 is 5.97 Å². The van der Waals surface area contributed by atoms with Crippen molar-refractivity contribution < 1.29 is 9.90 Å². The highest BCUT2D eigenvalue weighted by Crippen LogP contribution is 2.03. The second kappa shape index (κ2) is 4.94. The number of pyridine rings is 1. The van der Waals surface area contributed by atoms with Crippen LogP contribution in [0.1, 0.15) is 16.1 Å². The highest BCUT2D eigenvalue weighted by molar-refractivity contribution is 5.89. The van der Waals surface area contributed by atoms with E-state index in [1.165, 1.54) is 12.3 Å². The number of hydrogen-bond donors (Lipinski definition) is 1. The van der Waals surface area contributed by atoms with Crippen LogP contribution in [0.15, 0.2) is 37.1 Å². The molecule has 2 aromatic rings. The summed E-state index contributed by atoms with van der Waals surface area (Å²) in [6.45, 7) is 0.454. The molecular weight excluding hydrogens is 218 g/mol. The Hall–Kier alpha value is -2.61. The van der Waals surface area contributed by atoms with Crippen LogP contribution in [0.5, 0.6) is 0 Å². The Kier molecular flexibility index (Phi) is 3.17. The third kappa shape index (κ3) is 2.69. The van der Waals surface area contributed by atoms with Gasteiger partial charge in [0.15, 0.2) is 0 Å². The van der Waals surface area contributed by atoms with Crippen molar-refractivity contribution in [3.05, 3.63) is 48.3 Å². The lowest BCUT2D eigenvalue weighted by Crippen LogP contribution is -2.01. The van der Waals surface area contributed by atoms with Crippen LogP contribution in [0.3, 0.4) is 0 Å². The maximum absolute atomic E-state index is 10.9. The Morgan fingerprint density at radius 2 is 2.35 bits per heavy atom. The summed E-state index contributed by atoms with van der Waals surface area (Å²) in [4.78, 5) is 18.7. The summed E-state index contributed by atoms with van der Waals surface area (Å²) < 4.78 is 1.79. The first kappa shape index (κ1) is 10.9. The van der Waals surface area contributed by atoms with E-state index in [0.717, 1.165) is 0 Å². The number of carbonyl (C=O) groups is 1. The average molecular weight is 227 g/mol. The zero-order chi connectivity index (χ0) is 12.1. The number of nitrogens with zero attached hydrogens (tertiary/aromatic N) is 3. The van der Waals surface area contributed by atoms with Crippen LogP contribution >= 0.6 is 0 Å². The minimum atomic E-state index is -1.02. The van der Waals surface area contributed by atoms with Gasteiger partial charge in [-0.15, -0.1) is 0 Å². The van der Waals surface area contributed by atoms with Crippen molar-refractivity contribution in [3.63, 3.8) is 0 Å². The molecule has 5 nitrogen and oxygen atoms in total. The standard InChI is InChI=1S/C12H9N3O2/c16-12(17)10-3-1-5-14-11(10)4-2-7-15-8-6-13-9-15/h1,3,5-6,8-9H,7H2,(H,16,17). The summed E-state index contributed by atoms with van der Waals surface area (Å²) >= 11 is 0. The molecule has 2 rings (SSSR count). The van der Waals surface area contributed by atoms with Crippen LogP contribution < -0.4 is 0 Å². The SMILES string of the molecule is O=C(O)c1cccnc1C#CCn1ccnc1. The maximum atomic E-state index is 10.9. The van der Waals surface area contributed by atoms with E-state index in [0.29, 0.717) is 6.54 Å². The Labute approximate surface area is 97.8 Å². The van der Waals surface area contributed by atoms with Crippen molar-refractivity contribution in [1.29, 1.82) is 0 Å². The number of rotatable bonds is 2. The zero-order valence-electron chi connectivity index (χ0n) is 8.87. The predicted octanol–water partition coefficient (Wildman–Crippen LogP) is 1.03. The Balaban J connectivity index is 2.19. The van der Waals surface area contributed by atoms with Gasteiger partial charge < -0.3 is 9.67 Å². The minimum absolute atomic E-state index is 0.116. The molecule has 5 heteroatoms. The molecular formula is C12H9N3O2. The Bertz CT molecular complexity index is 579. The Morgan fingerprint density at radius 3 is 3.06 bits per heavy atom. The number of aromatic carboxylic acids is 1. The molecule has 0 aromatic carbocycles. The van der Waals surface area contributed by atoms with Gasteiger partial charge in [0.05, 0.1) is 18.4 Å². The van der Waals surface area contributed by atoms with E-state index in [4.69, 9.17) is 5.11 Å². The zero-order valence-corrected chi connectivity index (χ0v) is 8.87. The molecule has 0 unspecified atom stereocenters. The van der Waals surface area contributed by atoms with Gasteiger partial charge in [0.25, 0.3) is 0 Å². The molecule has 0 saturated carbocycles. The summed E-state index contributed by atoms with van der Waals surface area (Å²) in [5.74, 6) is 4.57. The molecule has 0 saturated heterocycles. The van der Waals surface area contributed by atoms with Crippen LogP contribution in [0.25, 0.3) is 0 Å². The van der Waals surface area contributed by atoms with E-state index >= 15 is 0 Å². The first-order valence-corrected chi connectivity index (χ1v) is 4.90. The van der Waals surface area contributed by atoms with Crippen molar-refractivity contribution in [3.8, 4) is 11.8 Å². The molecule has 0 bridgehead atoms. The highest BCUT2D eigenvalue weighted by atomic mass is 16.4. The molecule has 0 aliphatic rings. The third-order valence-electron chi connectivity index (χ3n) is 2.07. The molecule has 2 aromatic heterocycles. The van der Waals surface area contributed by atoms with E-state index in [-0.39, 0.29) is 11.3 Å². The van der Waals surface area contributed by atoms with Gasteiger partial charge in [-0.25, -0.2) is 14.8 Å². The third-order valence-corrected chi connectivity index (χ3v) is 2.07. The maximum Gasteiger partial charge on any atom is 0.338 e. The molecule has 0 radical (unpaired) electrons. The van der Waals surface area contributed by atoms with Crippen LogP contribution in [-0.2, 0) is 6.54 Å². The number of carboxylic acids is 1. The van der Waals surface area contributed by atoms with Crippen molar-refractivity contribution in [2.75, 3.05) is 0 Å². The van der Waals surface area contributed by atoms with Crippen LogP contribution in [0, 0.1) is 11.8 Å². The van der Waals surface area contributed by atoms with Crippen molar-refractivity contribution >= 4 is 5.97 Å². The molecule has 2 heterocycles. The van der Waals surface area contributed by atoms with E-state index in [1.807, 2.05) is 0 Å². The number of aromatic nitrogens is 3. The normalized spacial score (nSPS) is 9.41. The average Bonchev–Trinajstić information content (AvgIpc) is 2.82. The van der Waals surface area contributed by atoms with Gasteiger partial charge in [-0.05, 0) is 18.1 Å². The Morgan fingerprint density at radius 1 is 1.47 bits per heavy atom. The molecule has 0 spiro atoms. The molecule has 0 aliphatic heterocycles. The van der Waals surface area contributed by atoms with E-state index in [9.17, 15) is 4.79 Å². The minimum Gasteiger partial charge on any atom is -0.478 e. The lowest BCUT2D eigenvalue weighted by atomic mass is 10.2. The number of imidazole rings is 1. The van der Waals surface area contributed by atoms with E-state index < -0.39 is 5.97 Å². The van der Waals surface area contributed by atoms with Crippen LogP contribution in [-0.4, -0.2) is 25.6 Å².